The molecule has 0 spiro atoms. The van der Waals surface area contributed by atoms with Gasteiger partial charge >= 0.3 is 0 Å². The predicted octanol–water partition coefficient (Wildman–Crippen LogP) is 4.79. The number of aryl methyl sites for hydroxylation is 2. The molecule has 0 heterocycles. The Morgan fingerprint density at radius 2 is 1.60 bits per heavy atom. The summed E-state index contributed by atoms with van der Waals surface area (Å²) in [5.41, 5.74) is 3.49. The van der Waals surface area contributed by atoms with Crippen molar-refractivity contribution in [3.63, 3.8) is 0 Å². The van der Waals surface area contributed by atoms with Gasteiger partial charge < -0.3 is 5.32 Å². The van der Waals surface area contributed by atoms with Crippen LogP contribution in [0.2, 0.25) is 5.02 Å². The van der Waals surface area contributed by atoms with Crippen LogP contribution in [0.3, 0.4) is 0 Å². The van der Waals surface area contributed by atoms with Crippen molar-refractivity contribution in [1.29, 1.82) is 0 Å². The van der Waals surface area contributed by atoms with Crippen molar-refractivity contribution in [1.82, 2.24) is 4.31 Å². The van der Waals surface area contributed by atoms with Crippen molar-refractivity contribution in [2.75, 3.05) is 11.9 Å². The Morgan fingerprint density at radius 1 is 0.933 bits per heavy atom. The Morgan fingerprint density at radius 3 is 2.23 bits per heavy atom. The minimum absolute atomic E-state index is 0.0759. The number of amides is 1. The topological polar surface area (TPSA) is 66.5 Å². The van der Waals surface area contributed by atoms with E-state index in [9.17, 15) is 13.2 Å². The van der Waals surface area contributed by atoms with Crippen molar-refractivity contribution in [2.24, 2.45) is 0 Å². The van der Waals surface area contributed by atoms with E-state index in [0.29, 0.717) is 10.7 Å². The summed E-state index contributed by atoms with van der Waals surface area (Å²) in [6.07, 6.45) is 0. The van der Waals surface area contributed by atoms with Gasteiger partial charge in [0.2, 0.25) is 15.9 Å². The molecule has 3 aromatic rings. The molecule has 0 fully saturated rings. The van der Waals surface area contributed by atoms with Gasteiger partial charge in [0.1, 0.15) is 0 Å². The molecule has 0 aliphatic carbocycles. The highest BCUT2D eigenvalue weighted by Gasteiger charge is 2.27. The molecule has 3 rings (SSSR count). The Bertz CT molecular complexity index is 1130. The van der Waals surface area contributed by atoms with Crippen LogP contribution in [0.4, 0.5) is 5.69 Å². The minimum atomic E-state index is -3.91. The standard InChI is InChI=1S/C23H23ClN2O3S/c1-17-6-8-19(9-7-17)15-26(30(28,29)22-12-10-20(24)11-13-22)16-23(27)25-21-5-3-4-18(2)14-21/h3-14H,15-16H2,1-2H3,(H,25,27). The number of nitrogens with one attached hydrogen (secondary N) is 1. The first kappa shape index (κ1) is 22.0. The van der Waals surface area contributed by atoms with Gasteiger partial charge in [-0.1, -0.05) is 53.6 Å². The van der Waals surface area contributed by atoms with E-state index in [1.807, 2.05) is 56.3 Å². The zero-order valence-corrected chi connectivity index (χ0v) is 18.4. The third-order valence-electron chi connectivity index (χ3n) is 4.55. The summed E-state index contributed by atoms with van der Waals surface area (Å²) in [5, 5.41) is 3.22. The van der Waals surface area contributed by atoms with Gasteiger partial charge in [0.25, 0.3) is 0 Å². The molecule has 0 bridgehead atoms. The summed E-state index contributed by atoms with van der Waals surface area (Å²) in [5.74, 6) is -0.412. The van der Waals surface area contributed by atoms with Gasteiger partial charge in [-0.3, -0.25) is 4.79 Å². The molecule has 1 N–H and O–H groups in total. The third kappa shape index (κ3) is 5.69. The van der Waals surface area contributed by atoms with Crippen LogP contribution in [0.15, 0.2) is 77.7 Å². The van der Waals surface area contributed by atoms with Crippen molar-refractivity contribution >= 4 is 33.2 Å². The van der Waals surface area contributed by atoms with E-state index in [-0.39, 0.29) is 18.0 Å². The maximum Gasteiger partial charge on any atom is 0.243 e. The molecule has 0 saturated carbocycles. The molecule has 0 aromatic heterocycles. The number of halogens is 1. The van der Waals surface area contributed by atoms with Crippen LogP contribution in [0, 0.1) is 13.8 Å². The molecule has 7 heteroatoms. The van der Waals surface area contributed by atoms with Gasteiger partial charge in [-0.15, -0.1) is 0 Å². The number of hydrogen-bond donors (Lipinski definition) is 1. The van der Waals surface area contributed by atoms with Gasteiger partial charge in [0.15, 0.2) is 0 Å². The molecule has 0 unspecified atom stereocenters. The molecule has 5 nitrogen and oxygen atoms in total. The Hall–Kier alpha value is -2.67. The second-order valence-corrected chi connectivity index (χ2v) is 9.50. The van der Waals surface area contributed by atoms with Gasteiger partial charge in [0, 0.05) is 17.3 Å². The van der Waals surface area contributed by atoms with Crippen LogP contribution < -0.4 is 5.32 Å². The minimum Gasteiger partial charge on any atom is -0.325 e. The lowest BCUT2D eigenvalue weighted by Gasteiger charge is -2.22. The van der Waals surface area contributed by atoms with Crippen molar-refractivity contribution in [3.05, 3.63) is 94.5 Å². The fourth-order valence-corrected chi connectivity index (χ4v) is 4.47. The molecule has 0 aliphatic heterocycles. The van der Waals surface area contributed by atoms with E-state index < -0.39 is 15.9 Å². The fraction of sp³-hybridized carbons (Fsp3) is 0.174. The Kier molecular flexibility index (Phi) is 6.92. The molecule has 3 aromatic carbocycles. The molecular weight excluding hydrogens is 420 g/mol. The predicted molar refractivity (Wildman–Crippen MR) is 120 cm³/mol. The van der Waals surface area contributed by atoms with E-state index in [1.54, 1.807) is 6.07 Å². The first-order valence-electron chi connectivity index (χ1n) is 9.42. The zero-order valence-electron chi connectivity index (χ0n) is 16.8. The number of rotatable bonds is 7. The first-order valence-corrected chi connectivity index (χ1v) is 11.2. The van der Waals surface area contributed by atoms with Gasteiger partial charge in [-0.2, -0.15) is 4.31 Å². The molecule has 0 aliphatic rings. The summed E-state index contributed by atoms with van der Waals surface area (Å²) in [7, 11) is -3.91. The number of nitrogens with zero attached hydrogens (tertiary/aromatic N) is 1. The van der Waals surface area contributed by atoms with Crippen LogP contribution in [-0.4, -0.2) is 25.2 Å². The van der Waals surface area contributed by atoms with Crippen LogP contribution in [0.1, 0.15) is 16.7 Å². The molecule has 0 atom stereocenters. The number of hydrogen-bond acceptors (Lipinski definition) is 3. The van der Waals surface area contributed by atoms with Crippen molar-refractivity contribution < 1.29 is 13.2 Å². The van der Waals surface area contributed by atoms with Gasteiger partial charge in [0.05, 0.1) is 11.4 Å². The number of sulfonamides is 1. The number of carbonyl (C=O) groups is 1. The summed E-state index contributed by atoms with van der Waals surface area (Å²) in [6.45, 7) is 3.64. The van der Waals surface area contributed by atoms with E-state index in [2.05, 4.69) is 5.32 Å². The van der Waals surface area contributed by atoms with E-state index in [4.69, 9.17) is 11.6 Å². The summed E-state index contributed by atoms with van der Waals surface area (Å²) in [4.78, 5) is 12.8. The molecule has 0 radical (unpaired) electrons. The van der Waals surface area contributed by atoms with Crippen LogP contribution >= 0.6 is 11.6 Å². The van der Waals surface area contributed by atoms with Gasteiger partial charge in [-0.05, 0) is 61.4 Å². The number of anilines is 1. The lowest BCUT2D eigenvalue weighted by Crippen LogP contribution is -2.37. The van der Waals surface area contributed by atoms with E-state index >= 15 is 0 Å². The molecule has 30 heavy (non-hydrogen) atoms. The van der Waals surface area contributed by atoms with Crippen LogP contribution in [0.5, 0.6) is 0 Å². The van der Waals surface area contributed by atoms with Crippen LogP contribution in [0.25, 0.3) is 0 Å². The first-order chi connectivity index (χ1) is 14.2. The van der Waals surface area contributed by atoms with E-state index in [1.165, 1.54) is 28.6 Å². The Labute approximate surface area is 182 Å². The second kappa shape index (κ2) is 9.43. The quantitative estimate of drug-likeness (QED) is 0.572. The van der Waals surface area contributed by atoms with Gasteiger partial charge in [-0.25, -0.2) is 8.42 Å². The summed E-state index contributed by atoms with van der Waals surface area (Å²) in [6, 6.07) is 20.8. The summed E-state index contributed by atoms with van der Waals surface area (Å²) < 4.78 is 27.7. The lowest BCUT2D eigenvalue weighted by molar-refractivity contribution is -0.116. The van der Waals surface area contributed by atoms with E-state index in [0.717, 1.165) is 16.7 Å². The Balaban J connectivity index is 1.87. The monoisotopic (exact) mass is 442 g/mol. The normalized spacial score (nSPS) is 11.5. The average molecular weight is 443 g/mol. The van der Waals surface area contributed by atoms with Crippen molar-refractivity contribution in [3.8, 4) is 0 Å². The molecule has 156 valence electrons. The largest absolute Gasteiger partial charge is 0.325 e. The molecule has 1 amide bonds. The highest BCUT2D eigenvalue weighted by atomic mass is 35.5. The zero-order chi connectivity index (χ0) is 21.7. The lowest BCUT2D eigenvalue weighted by atomic mass is 10.1. The third-order valence-corrected chi connectivity index (χ3v) is 6.61. The summed E-state index contributed by atoms with van der Waals surface area (Å²) >= 11 is 5.90. The fourth-order valence-electron chi connectivity index (χ4n) is 2.96. The molecular formula is C23H23ClN2O3S. The maximum absolute atomic E-state index is 13.3. The number of carbonyl (C=O) groups excluding carboxylic acids is 1. The second-order valence-electron chi connectivity index (χ2n) is 7.13. The number of benzene rings is 3. The maximum atomic E-state index is 13.3. The average Bonchev–Trinajstić information content (AvgIpc) is 2.69. The SMILES string of the molecule is Cc1ccc(CN(CC(=O)Nc2cccc(C)c2)S(=O)(=O)c2ccc(Cl)cc2)cc1. The highest BCUT2D eigenvalue weighted by Crippen LogP contribution is 2.21. The smallest absolute Gasteiger partial charge is 0.243 e. The highest BCUT2D eigenvalue weighted by molar-refractivity contribution is 7.89. The molecule has 0 saturated heterocycles. The van der Waals surface area contributed by atoms with Crippen LogP contribution in [-0.2, 0) is 21.4 Å². The van der Waals surface area contributed by atoms with Crippen molar-refractivity contribution in [2.45, 2.75) is 25.3 Å².